The molecule has 222 valence electrons. The van der Waals surface area contributed by atoms with E-state index in [0.29, 0.717) is 24.5 Å². The van der Waals surface area contributed by atoms with Gasteiger partial charge in [0.25, 0.3) is 0 Å². The fourth-order valence-corrected chi connectivity index (χ4v) is 8.72. The van der Waals surface area contributed by atoms with Gasteiger partial charge in [0, 0.05) is 18.2 Å². The van der Waals surface area contributed by atoms with Gasteiger partial charge in [0.15, 0.2) is 0 Å². The first kappa shape index (κ1) is 29.7. The molecule has 1 fully saturated rings. The van der Waals surface area contributed by atoms with Crippen LogP contribution in [0.15, 0.2) is 30.3 Å². The van der Waals surface area contributed by atoms with Crippen molar-refractivity contribution in [3.8, 4) is 0 Å². The highest BCUT2D eigenvalue weighted by atomic mass is 35.5. The number of hydrogen-bond acceptors (Lipinski definition) is 9. The van der Waals surface area contributed by atoms with Gasteiger partial charge in [-0.3, -0.25) is 4.79 Å². The van der Waals surface area contributed by atoms with Crippen molar-refractivity contribution in [1.82, 2.24) is 19.9 Å². The Labute approximate surface area is 262 Å². The first-order chi connectivity index (χ1) is 20.3. The lowest BCUT2D eigenvalue weighted by Gasteiger charge is -2.35. The van der Waals surface area contributed by atoms with E-state index in [4.69, 9.17) is 27.9 Å². The molecule has 3 heterocycles. The number of carbonyl (C=O) groups is 2. The summed E-state index contributed by atoms with van der Waals surface area (Å²) in [6.07, 6.45) is 7.82. The van der Waals surface area contributed by atoms with Crippen molar-refractivity contribution >= 4 is 69.2 Å². The number of aliphatic hydroxyl groups is 1. The second-order valence-corrected chi connectivity index (χ2v) is 14.6. The number of rotatable bonds is 10. The molecule has 0 amide bonds. The van der Waals surface area contributed by atoms with E-state index in [1.807, 2.05) is 10.7 Å². The van der Waals surface area contributed by atoms with Gasteiger partial charge >= 0.3 is 5.97 Å². The maximum atomic E-state index is 13.4. The van der Waals surface area contributed by atoms with Crippen LogP contribution in [0.2, 0.25) is 8.67 Å². The Hall–Kier alpha value is -2.34. The van der Waals surface area contributed by atoms with E-state index in [1.165, 1.54) is 5.56 Å². The van der Waals surface area contributed by atoms with Crippen LogP contribution in [0.25, 0.3) is 11.0 Å². The number of esters is 1. The van der Waals surface area contributed by atoms with Gasteiger partial charge in [-0.2, -0.15) is 0 Å². The SMILES string of the molecule is CN(CCCn1nnc2cc(C=O)c3c(c21)CCC3)[C@H]1CC[C@H](OC(=O)C(O)(c2ccc(Cl)s2)c2ccc(Cl)s2)CC1. The summed E-state index contributed by atoms with van der Waals surface area (Å²) in [4.78, 5) is 28.2. The summed E-state index contributed by atoms with van der Waals surface area (Å²) in [5.74, 6) is -0.692. The predicted octanol–water partition coefficient (Wildman–Crippen LogP) is 6.27. The van der Waals surface area contributed by atoms with Gasteiger partial charge in [-0.25, -0.2) is 9.48 Å². The summed E-state index contributed by atoms with van der Waals surface area (Å²) >= 11 is 14.6. The minimum Gasteiger partial charge on any atom is -0.460 e. The first-order valence-corrected chi connectivity index (χ1v) is 16.6. The third-order valence-corrected chi connectivity index (χ3v) is 11.3. The second-order valence-electron chi connectivity index (χ2n) is 11.2. The molecule has 2 aliphatic carbocycles. The Morgan fingerprint density at radius 2 is 1.79 bits per heavy atom. The zero-order valence-corrected chi connectivity index (χ0v) is 26.4. The number of halogens is 2. The van der Waals surface area contributed by atoms with Crippen LogP contribution in [0.3, 0.4) is 0 Å². The maximum absolute atomic E-state index is 13.4. The van der Waals surface area contributed by atoms with E-state index >= 15 is 0 Å². The van der Waals surface area contributed by atoms with Gasteiger partial charge < -0.3 is 14.7 Å². The highest BCUT2D eigenvalue weighted by molar-refractivity contribution is 7.18. The molecule has 42 heavy (non-hydrogen) atoms. The molecule has 4 aromatic rings. The molecule has 0 atom stereocenters. The van der Waals surface area contributed by atoms with Gasteiger partial charge in [-0.1, -0.05) is 28.4 Å². The smallest absolute Gasteiger partial charge is 0.349 e. The van der Waals surface area contributed by atoms with Gasteiger partial charge in [0.2, 0.25) is 5.60 Å². The van der Waals surface area contributed by atoms with E-state index in [0.717, 1.165) is 116 Å². The quantitative estimate of drug-likeness (QED) is 0.160. The number of ether oxygens (including phenoxy) is 1. The Balaban J connectivity index is 1.03. The van der Waals surface area contributed by atoms with Gasteiger partial charge in [0.05, 0.1) is 23.9 Å². The molecule has 8 nitrogen and oxygen atoms in total. The molecule has 0 bridgehead atoms. The van der Waals surface area contributed by atoms with Crippen molar-refractivity contribution in [2.24, 2.45) is 0 Å². The van der Waals surface area contributed by atoms with E-state index in [-0.39, 0.29) is 6.10 Å². The minimum atomic E-state index is -1.94. The first-order valence-electron chi connectivity index (χ1n) is 14.3. The lowest BCUT2D eigenvalue weighted by atomic mass is 9.91. The van der Waals surface area contributed by atoms with Crippen LogP contribution in [0.5, 0.6) is 0 Å². The molecule has 12 heteroatoms. The molecule has 6 rings (SSSR count). The second kappa shape index (κ2) is 12.3. The summed E-state index contributed by atoms with van der Waals surface area (Å²) in [5, 5.41) is 20.4. The molecule has 0 radical (unpaired) electrons. The van der Waals surface area contributed by atoms with Crippen LogP contribution >= 0.6 is 45.9 Å². The number of hydrogen-bond donors (Lipinski definition) is 1. The highest BCUT2D eigenvalue weighted by Gasteiger charge is 2.45. The zero-order valence-electron chi connectivity index (χ0n) is 23.2. The average molecular weight is 648 g/mol. The highest BCUT2D eigenvalue weighted by Crippen LogP contribution is 2.42. The Kier molecular flexibility index (Phi) is 8.73. The number of fused-ring (bicyclic) bond motifs is 3. The van der Waals surface area contributed by atoms with Crippen molar-refractivity contribution in [1.29, 1.82) is 0 Å². The van der Waals surface area contributed by atoms with Crippen molar-refractivity contribution < 1.29 is 19.4 Å². The standard InChI is InChI=1S/C30H32Cl2N4O4S2/c1-35(14-3-15-36-28-22-5-2-4-21(22)18(17-37)16-23(28)33-34-36)19-6-8-20(9-7-19)40-29(38)30(39,24-10-12-26(31)41-24)25-11-13-27(32)42-25/h10-13,16-17,19-20,39H,2-9,14-15H2,1H3/t19-,20-. The van der Waals surface area contributed by atoms with Crippen LogP contribution < -0.4 is 0 Å². The Morgan fingerprint density at radius 3 is 2.40 bits per heavy atom. The predicted molar refractivity (Wildman–Crippen MR) is 166 cm³/mol. The van der Waals surface area contributed by atoms with Crippen molar-refractivity contribution in [3.05, 3.63) is 65.4 Å². The molecular formula is C30H32Cl2N4O4S2. The Morgan fingerprint density at radius 1 is 1.12 bits per heavy atom. The molecule has 0 aliphatic heterocycles. The normalized spacial score (nSPS) is 19.0. The van der Waals surface area contributed by atoms with Crippen LogP contribution in [0.1, 0.15) is 69.8 Å². The molecule has 1 saturated carbocycles. The number of aromatic nitrogens is 3. The molecule has 1 aromatic carbocycles. The molecule has 0 spiro atoms. The number of aldehydes is 1. The molecule has 0 saturated heterocycles. The van der Waals surface area contributed by atoms with Crippen LogP contribution in [0.4, 0.5) is 0 Å². The number of benzene rings is 1. The topological polar surface area (TPSA) is 97.5 Å². The number of aryl methyl sites for hydroxylation is 2. The molecule has 3 aromatic heterocycles. The van der Waals surface area contributed by atoms with Crippen molar-refractivity contribution in [2.45, 2.75) is 75.7 Å². The zero-order chi connectivity index (χ0) is 29.4. The van der Waals surface area contributed by atoms with Crippen LogP contribution in [-0.4, -0.2) is 63.0 Å². The van der Waals surface area contributed by atoms with E-state index in [1.54, 1.807) is 24.3 Å². The molecule has 2 aliphatic rings. The fraction of sp³-hybridized carbons (Fsp3) is 0.467. The van der Waals surface area contributed by atoms with Crippen molar-refractivity contribution in [2.75, 3.05) is 13.6 Å². The third kappa shape index (κ3) is 5.65. The van der Waals surface area contributed by atoms with E-state index in [9.17, 15) is 14.7 Å². The molecule has 0 unspecified atom stereocenters. The van der Waals surface area contributed by atoms with Gasteiger partial charge in [-0.05, 0) is 106 Å². The van der Waals surface area contributed by atoms with Crippen LogP contribution in [-0.2, 0) is 34.5 Å². The number of carbonyl (C=O) groups excluding carboxylic acids is 2. The number of thiophene rings is 2. The summed E-state index contributed by atoms with van der Waals surface area (Å²) in [5.41, 5.74) is 3.08. The lowest BCUT2D eigenvalue weighted by Crippen LogP contribution is -2.42. The maximum Gasteiger partial charge on any atom is 0.349 e. The van der Waals surface area contributed by atoms with Gasteiger partial charge in [0.1, 0.15) is 17.9 Å². The Bertz CT molecular complexity index is 1570. The van der Waals surface area contributed by atoms with Crippen molar-refractivity contribution in [3.63, 3.8) is 0 Å². The molecular weight excluding hydrogens is 615 g/mol. The van der Waals surface area contributed by atoms with E-state index in [2.05, 4.69) is 22.3 Å². The monoisotopic (exact) mass is 646 g/mol. The minimum absolute atomic E-state index is 0.264. The summed E-state index contributed by atoms with van der Waals surface area (Å²) in [7, 11) is 2.14. The van der Waals surface area contributed by atoms with Crippen LogP contribution in [0, 0.1) is 0 Å². The largest absolute Gasteiger partial charge is 0.460 e. The third-order valence-electron chi connectivity index (χ3n) is 8.61. The summed E-state index contributed by atoms with van der Waals surface area (Å²) in [6.45, 7) is 1.67. The lowest BCUT2D eigenvalue weighted by molar-refractivity contribution is -0.169. The van der Waals surface area contributed by atoms with Gasteiger partial charge in [-0.15, -0.1) is 27.8 Å². The van der Waals surface area contributed by atoms with E-state index < -0.39 is 11.6 Å². The average Bonchev–Trinajstić information content (AvgIpc) is 3.80. The fourth-order valence-electron chi connectivity index (χ4n) is 6.39. The molecule has 1 N–H and O–H groups in total. The summed E-state index contributed by atoms with van der Waals surface area (Å²) in [6, 6.07) is 8.91. The number of nitrogens with zero attached hydrogens (tertiary/aromatic N) is 4. The summed E-state index contributed by atoms with van der Waals surface area (Å²) < 4.78 is 8.88.